The van der Waals surface area contributed by atoms with Gasteiger partial charge in [0.15, 0.2) is 12.1 Å². The highest BCUT2D eigenvalue weighted by atomic mass is 16.7. The number of methoxy groups -OCH3 is 1. The minimum Gasteiger partial charge on any atom is -0.459 e. The van der Waals surface area contributed by atoms with Gasteiger partial charge < -0.3 is 43.0 Å². The molecule has 0 bridgehead atoms. The van der Waals surface area contributed by atoms with Gasteiger partial charge in [-0.2, -0.15) is 0 Å². The number of carbonyl (C=O) groups is 3. The van der Waals surface area contributed by atoms with Crippen LogP contribution in [0.1, 0.15) is 101 Å². The topological polar surface area (TPSA) is 161 Å². The van der Waals surface area contributed by atoms with Gasteiger partial charge in [-0.15, -0.1) is 0 Å². The Morgan fingerprint density at radius 2 is 1.71 bits per heavy atom. The number of esters is 1. The zero-order valence-electron chi connectivity index (χ0n) is 37.6. The molecule has 332 valence electrons. The van der Waals surface area contributed by atoms with Crippen molar-refractivity contribution in [3.63, 3.8) is 0 Å². The third-order valence-corrected chi connectivity index (χ3v) is 12.6. The van der Waals surface area contributed by atoms with Gasteiger partial charge in [-0.25, -0.2) is 4.98 Å². The van der Waals surface area contributed by atoms with E-state index < -0.39 is 77.3 Å². The summed E-state index contributed by atoms with van der Waals surface area (Å²) in [6, 6.07) is 3.59. The molecule has 2 aliphatic rings. The fourth-order valence-electron chi connectivity index (χ4n) is 8.96. The molecule has 2 fully saturated rings. The SMILES string of the molecule is CCCO[C@@]1(C)C(OCCCCn2cnc(-c3cccnc3)c2)[C@H](C)C(=O)[C@H](C)C[C@](C)(OC)[C@H](O[C@@H]2O[C@H](C)C[C@H](N(C)C)[C@H]2O)[C@@H](C)C(=O)[C@@H](C)C(=O)O[C@H]1CC. The zero-order chi connectivity index (χ0) is 43.7. The van der Waals surface area contributed by atoms with Crippen LogP contribution in [0.15, 0.2) is 37.1 Å². The first-order chi connectivity index (χ1) is 27.9. The van der Waals surface area contributed by atoms with Crippen molar-refractivity contribution < 1.29 is 47.9 Å². The second kappa shape index (κ2) is 21.6. The van der Waals surface area contributed by atoms with Crippen LogP contribution < -0.4 is 0 Å². The number of ketones is 2. The molecule has 13 atom stereocenters. The number of hydrogen-bond acceptors (Lipinski definition) is 13. The number of pyridine rings is 1. The number of Topliss-reactive ketones (excluding diaryl/α,β-unsaturated/α-hetero) is 2. The molecule has 0 saturated carbocycles. The summed E-state index contributed by atoms with van der Waals surface area (Å²) in [5.74, 6) is -4.59. The first-order valence-corrected chi connectivity index (χ1v) is 21.6. The number of imidazole rings is 1. The van der Waals surface area contributed by atoms with E-state index in [1.165, 1.54) is 7.11 Å². The highest BCUT2D eigenvalue weighted by Crippen LogP contribution is 2.40. The van der Waals surface area contributed by atoms with E-state index in [1.807, 2.05) is 90.4 Å². The standard InChI is InChI=1S/C45H72N4O10/c1-13-21-56-45(9)36(14-2)58-42(53)32(7)38(51)31(6)40(59-43-39(52)35(48(10)11)23-29(4)57-43)44(8,54-12)24-28(3)37(50)30(5)41(45)55-22-16-15-20-49-26-34(47-27-49)33-18-17-19-46-25-33/h17-19,25-32,35-36,39-41,43,52H,13-16,20-24H2,1-12H3/t28-,29-,30-,31+,32-,35+,36+,39-,40-,41?,43+,44+,45-/m1/s1. The normalized spacial score (nSPS) is 35.4. The summed E-state index contributed by atoms with van der Waals surface area (Å²) in [4.78, 5) is 53.9. The molecule has 1 unspecified atom stereocenters. The van der Waals surface area contributed by atoms with Gasteiger partial charge in [0, 0.05) is 74.8 Å². The summed E-state index contributed by atoms with van der Waals surface area (Å²) < 4.78 is 40.7. The van der Waals surface area contributed by atoms with Crippen molar-refractivity contribution in [1.29, 1.82) is 0 Å². The van der Waals surface area contributed by atoms with E-state index in [4.69, 9.17) is 28.4 Å². The van der Waals surface area contributed by atoms with E-state index in [0.29, 0.717) is 45.4 Å². The Morgan fingerprint density at radius 1 is 1.00 bits per heavy atom. The zero-order valence-corrected chi connectivity index (χ0v) is 37.6. The van der Waals surface area contributed by atoms with E-state index in [9.17, 15) is 19.5 Å². The Morgan fingerprint density at radius 3 is 2.34 bits per heavy atom. The smallest absolute Gasteiger partial charge is 0.316 e. The fraction of sp³-hybridized carbons (Fsp3) is 0.756. The highest BCUT2D eigenvalue weighted by molar-refractivity contribution is 6.00. The van der Waals surface area contributed by atoms with Crippen LogP contribution in [0, 0.1) is 23.7 Å². The summed E-state index contributed by atoms with van der Waals surface area (Å²) in [7, 11) is 5.30. The molecule has 0 amide bonds. The molecule has 2 saturated heterocycles. The minimum absolute atomic E-state index is 0.0921. The van der Waals surface area contributed by atoms with Crippen molar-refractivity contribution in [1.82, 2.24) is 19.4 Å². The maximum Gasteiger partial charge on any atom is 0.316 e. The van der Waals surface area contributed by atoms with E-state index >= 15 is 0 Å². The Labute approximate surface area is 352 Å². The van der Waals surface area contributed by atoms with Gasteiger partial charge in [-0.1, -0.05) is 34.6 Å². The number of aryl methyl sites for hydroxylation is 1. The summed E-state index contributed by atoms with van der Waals surface area (Å²) in [5.41, 5.74) is -0.675. The maximum absolute atomic E-state index is 14.8. The predicted octanol–water partition coefficient (Wildman–Crippen LogP) is 5.92. The molecule has 0 spiro atoms. The Bertz CT molecular complexity index is 1640. The fourth-order valence-corrected chi connectivity index (χ4v) is 8.96. The number of unbranched alkanes of at least 4 members (excludes halogenated alkanes) is 1. The van der Waals surface area contributed by atoms with E-state index in [-0.39, 0.29) is 24.3 Å². The largest absolute Gasteiger partial charge is 0.459 e. The lowest BCUT2D eigenvalue weighted by Gasteiger charge is -2.47. The molecular weight excluding hydrogens is 757 g/mol. The van der Waals surface area contributed by atoms with Crippen LogP contribution in [0.2, 0.25) is 0 Å². The molecule has 2 aliphatic heterocycles. The van der Waals surface area contributed by atoms with Gasteiger partial charge in [0.05, 0.1) is 35.9 Å². The van der Waals surface area contributed by atoms with Crippen molar-refractivity contribution in [3.05, 3.63) is 37.1 Å². The third-order valence-electron chi connectivity index (χ3n) is 12.6. The van der Waals surface area contributed by atoms with Crippen molar-refractivity contribution in [2.75, 3.05) is 34.4 Å². The summed E-state index contributed by atoms with van der Waals surface area (Å²) in [6.07, 6.45) is 5.55. The van der Waals surface area contributed by atoms with Crippen molar-refractivity contribution >= 4 is 17.5 Å². The Kier molecular flexibility index (Phi) is 17.8. The maximum atomic E-state index is 14.8. The second-order valence-corrected chi connectivity index (χ2v) is 17.5. The molecule has 14 nitrogen and oxygen atoms in total. The van der Waals surface area contributed by atoms with Crippen LogP contribution in [0.5, 0.6) is 0 Å². The van der Waals surface area contributed by atoms with Crippen molar-refractivity contribution in [2.24, 2.45) is 23.7 Å². The lowest BCUT2D eigenvalue weighted by molar-refractivity contribution is -0.295. The molecule has 1 N–H and O–H groups in total. The average Bonchev–Trinajstić information content (AvgIpc) is 3.70. The average molecular weight is 829 g/mol. The van der Waals surface area contributed by atoms with Gasteiger partial charge in [-0.05, 0) is 92.4 Å². The second-order valence-electron chi connectivity index (χ2n) is 17.5. The van der Waals surface area contributed by atoms with E-state index in [0.717, 1.165) is 17.7 Å². The number of likely N-dealkylation sites (N-methyl/N-ethyl adjacent to an activating group) is 1. The van der Waals surface area contributed by atoms with E-state index in [2.05, 4.69) is 9.97 Å². The number of nitrogens with zero attached hydrogens (tertiary/aromatic N) is 4. The van der Waals surface area contributed by atoms with Crippen LogP contribution in [0.4, 0.5) is 0 Å². The molecular formula is C45H72N4O10. The highest BCUT2D eigenvalue weighted by Gasteiger charge is 2.53. The predicted molar refractivity (Wildman–Crippen MR) is 223 cm³/mol. The number of aliphatic hydroxyl groups excluding tert-OH is 1. The van der Waals surface area contributed by atoms with Crippen LogP contribution in [-0.2, 0) is 49.3 Å². The van der Waals surface area contributed by atoms with Crippen molar-refractivity contribution in [2.45, 2.75) is 161 Å². The number of aromatic nitrogens is 3. The number of aliphatic hydroxyl groups is 1. The summed E-state index contributed by atoms with van der Waals surface area (Å²) in [6.45, 7) is 17.8. The third kappa shape index (κ3) is 11.6. The summed E-state index contributed by atoms with van der Waals surface area (Å²) >= 11 is 0. The number of carbonyl (C=O) groups excluding carboxylic acids is 3. The number of rotatable bonds is 15. The molecule has 0 aromatic carbocycles. The molecule has 2 aromatic rings. The number of cyclic esters (lactones) is 1. The van der Waals surface area contributed by atoms with Gasteiger partial charge >= 0.3 is 5.97 Å². The molecule has 59 heavy (non-hydrogen) atoms. The van der Waals surface area contributed by atoms with Crippen LogP contribution in [-0.4, -0.2) is 131 Å². The van der Waals surface area contributed by atoms with Crippen LogP contribution in [0.25, 0.3) is 11.3 Å². The van der Waals surface area contributed by atoms with Gasteiger partial charge in [0.25, 0.3) is 0 Å². The van der Waals surface area contributed by atoms with Gasteiger partial charge in [0.1, 0.15) is 29.5 Å². The molecule has 14 heteroatoms. The van der Waals surface area contributed by atoms with Crippen LogP contribution >= 0.6 is 0 Å². The van der Waals surface area contributed by atoms with Gasteiger partial charge in [0.2, 0.25) is 0 Å². The molecule has 4 rings (SSSR count). The van der Waals surface area contributed by atoms with E-state index in [1.54, 1.807) is 32.6 Å². The molecule has 0 radical (unpaired) electrons. The lowest BCUT2D eigenvalue weighted by atomic mass is 9.74. The number of ether oxygens (including phenoxy) is 6. The van der Waals surface area contributed by atoms with Crippen molar-refractivity contribution in [3.8, 4) is 11.3 Å². The first-order valence-electron chi connectivity index (χ1n) is 21.6. The molecule has 0 aliphatic carbocycles. The van der Waals surface area contributed by atoms with Crippen LogP contribution in [0.3, 0.4) is 0 Å². The monoisotopic (exact) mass is 829 g/mol. The minimum atomic E-state index is -1.24. The molecule has 2 aromatic heterocycles. The Hall–Kier alpha value is -3.11. The quantitative estimate of drug-likeness (QED) is 0.128. The first kappa shape index (κ1) is 48.6. The number of hydrogen-bond donors (Lipinski definition) is 1. The van der Waals surface area contributed by atoms with Gasteiger partial charge in [-0.3, -0.25) is 19.4 Å². The molecule has 4 heterocycles. The lowest BCUT2D eigenvalue weighted by Crippen LogP contribution is -2.60. The Balaban J connectivity index is 1.66. The summed E-state index contributed by atoms with van der Waals surface area (Å²) in [5, 5.41) is 11.5.